The molecule has 1 aromatic heterocycles. The summed E-state index contributed by atoms with van der Waals surface area (Å²) in [6, 6.07) is 5.35. The number of pyridine rings is 1. The molecule has 9 nitrogen and oxygen atoms in total. The van der Waals surface area contributed by atoms with E-state index in [0.717, 1.165) is 16.7 Å². The molecule has 2 aromatic rings. The third-order valence-electron chi connectivity index (χ3n) is 4.88. The lowest BCUT2D eigenvalue weighted by Gasteiger charge is -2.25. The molecule has 1 aromatic carbocycles. The molecule has 3 rings (SSSR count). The number of aromatic nitrogens is 1. The molecule has 2 amide bonds. The highest BCUT2D eigenvalue weighted by Gasteiger charge is 2.25. The predicted molar refractivity (Wildman–Crippen MR) is 115 cm³/mol. The summed E-state index contributed by atoms with van der Waals surface area (Å²) >= 11 is 0. The molecule has 2 heterocycles. The summed E-state index contributed by atoms with van der Waals surface area (Å²) in [4.78, 5) is 26.4. The first-order valence-corrected chi connectivity index (χ1v) is 10.0. The summed E-state index contributed by atoms with van der Waals surface area (Å²) in [5, 5.41) is 14.0. The quantitative estimate of drug-likeness (QED) is 0.586. The summed E-state index contributed by atoms with van der Waals surface area (Å²) in [6.45, 7) is 5.97. The van der Waals surface area contributed by atoms with E-state index >= 15 is 0 Å². The molecule has 1 aliphatic heterocycles. The van der Waals surface area contributed by atoms with E-state index in [2.05, 4.69) is 15.6 Å². The van der Waals surface area contributed by atoms with Gasteiger partial charge in [-0.15, -0.1) is 0 Å². The Labute approximate surface area is 180 Å². The van der Waals surface area contributed by atoms with E-state index < -0.39 is 6.09 Å². The van der Waals surface area contributed by atoms with Gasteiger partial charge >= 0.3 is 6.09 Å². The average Bonchev–Trinajstić information content (AvgIpc) is 2.70. The maximum Gasteiger partial charge on any atom is 0.404 e. The molecule has 0 spiro atoms. The van der Waals surface area contributed by atoms with Crippen LogP contribution >= 0.6 is 0 Å². The molecular weight excluding hydrogens is 402 g/mol. The van der Waals surface area contributed by atoms with Gasteiger partial charge in [-0.3, -0.25) is 4.79 Å². The average molecular weight is 429 g/mol. The van der Waals surface area contributed by atoms with Gasteiger partial charge in [0, 0.05) is 30.3 Å². The zero-order chi connectivity index (χ0) is 22.5. The van der Waals surface area contributed by atoms with Gasteiger partial charge < -0.3 is 30.0 Å². The molecule has 9 heteroatoms. The van der Waals surface area contributed by atoms with Crippen LogP contribution in [0.2, 0.25) is 0 Å². The lowest BCUT2D eigenvalue weighted by Crippen LogP contribution is -2.33. The number of hydrogen-bond donors (Lipinski definition) is 3. The van der Waals surface area contributed by atoms with Crippen molar-refractivity contribution in [1.29, 1.82) is 0 Å². The number of benzene rings is 1. The fraction of sp³-hybridized carbons (Fsp3) is 0.409. The number of carbonyl (C=O) groups excluding carboxylic acids is 1. The van der Waals surface area contributed by atoms with Crippen LogP contribution in [0, 0.1) is 5.92 Å². The Hall–Kier alpha value is -3.49. The van der Waals surface area contributed by atoms with Crippen molar-refractivity contribution in [2.24, 2.45) is 5.92 Å². The first kappa shape index (κ1) is 22.2. The minimum atomic E-state index is -1.04. The standard InChI is InChI=1S/C22H27N3O6/c1-12(7-13(2)24-22(27)28)10-30-18-6-5-16-17-8-19(25-14(3)26)23-9-15(17)11-31-20(16)21(18)29-4/h5-6,8-9,12-13,24H,7,10-11H2,1-4H3,(H,27,28)(H,23,25,26). The van der Waals surface area contributed by atoms with Crippen LogP contribution in [0.15, 0.2) is 24.4 Å². The second-order valence-electron chi connectivity index (χ2n) is 7.67. The molecule has 0 saturated heterocycles. The molecule has 0 saturated carbocycles. The largest absolute Gasteiger partial charge is 0.490 e. The van der Waals surface area contributed by atoms with E-state index in [-0.39, 0.29) is 17.9 Å². The van der Waals surface area contributed by atoms with Crippen LogP contribution in [0.1, 0.15) is 32.8 Å². The number of hydrogen-bond acceptors (Lipinski definition) is 6. The van der Waals surface area contributed by atoms with Gasteiger partial charge in [0.25, 0.3) is 0 Å². The smallest absolute Gasteiger partial charge is 0.404 e. The zero-order valence-corrected chi connectivity index (χ0v) is 18.0. The van der Waals surface area contributed by atoms with Crippen molar-refractivity contribution in [3.63, 3.8) is 0 Å². The predicted octanol–water partition coefficient (Wildman–Crippen LogP) is 3.67. The number of rotatable bonds is 8. The molecule has 2 unspecified atom stereocenters. The van der Waals surface area contributed by atoms with Crippen molar-refractivity contribution in [2.75, 3.05) is 19.0 Å². The number of nitrogens with one attached hydrogen (secondary N) is 2. The van der Waals surface area contributed by atoms with Crippen molar-refractivity contribution in [1.82, 2.24) is 10.3 Å². The summed E-state index contributed by atoms with van der Waals surface area (Å²) in [5.41, 5.74) is 2.64. The number of fused-ring (bicyclic) bond motifs is 3. The van der Waals surface area contributed by atoms with Gasteiger partial charge in [-0.2, -0.15) is 0 Å². The molecule has 2 atom stereocenters. The van der Waals surface area contributed by atoms with Crippen LogP contribution in [0.4, 0.5) is 10.6 Å². The van der Waals surface area contributed by atoms with E-state index in [1.54, 1.807) is 13.3 Å². The van der Waals surface area contributed by atoms with Gasteiger partial charge in [-0.25, -0.2) is 9.78 Å². The van der Waals surface area contributed by atoms with Crippen molar-refractivity contribution in [3.8, 4) is 28.4 Å². The molecule has 31 heavy (non-hydrogen) atoms. The van der Waals surface area contributed by atoms with Crippen LogP contribution in [-0.4, -0.2) is 41.8 Å². The molecule has 0 aliphatic carbocycles. The molecule has 1 aliphatic rings. The molecular formula is C22H27N3O6. The Balaban J connectivity index is 1.79. The minimum absolute atomic E-state index is 0.121. The van der Waals surface area contributed by atoms with Crippen LogP contribution < -0.4 is 24.8 Å². The number of carbonyl (C=O) groups is 2. The highest BCUT2D eigenvalue weighted by molar-refractivity contribution is 5.89. The van der Waals surface area contributed by atoms with Gasteiger partial charge in [0.1, 0.15) is 12.4 Å². The van der Waals surface area contributed by atoms with Crippen molar-refractivity contribution in [3.05, 3.63) is 30.0 Å². The lowest BCUT2D eigenvalue weighted by atomic mass is 9.97. The third-order valence-corrected chi connectivity index (χ3v) is 4.88. The molecule has 0 fully saturated rings. The number of ether oxygens (including phenoxy) is 3. The van der Waals surface area contributed by atoms with Crippen LogP contribution in [-0.2, 0) is 11.4 Å². The Morgan fingerprint density at radius 1 is 1.29 bits per heavy atom. The van der Waals surface area contributed by atoms with Gasteiger partial charge in [0.15, 0.2) is 11.5 Å². The van der Waals surface area contributed by atoms with Crippen molar-refractivity contribution in [2.45, 2.75) is 39.8 Å². The first-order chi connectivity index (χ1) is 14.8. The lowest BCUT2D eigenvalue weighted by molar-refractivity contribution is -0.114. The van der Waals surface area contributed by atoms with Gasteiger partial charge in [0.2, 0.25) is 11.7 Å². The van der Waals surface area contributed by atoms with Gasteiger partial charge in [-0.05, 0) is 43.0 Å². The number of nitrogens with zero attached hydrogens (tertiary/aromatic N) is 1. The molecule has 0 radical (unpaired) electrons. The number of methoxy groups -OCH3 is 1. The topological polar surface area (TPSA) is 119 Å². The molecule has 3 N–H and O–H groups in total. The second-order valence-corrected chi connectivity index (χ2v) is 7.67. The Morgan fingerprint density at radius 3 is 2.74 bits per heavy atom. The number of amides is 2. The highest BCUT2D eigenvalue weighted by atomic mass is 16.5. The monoisotopic (exact) mass is 429 g/mol. The maximum absolute atomic E-state index is 11.4. The Bertz CT molecular complexity index is 978. The molecule has 166 valence electrons. The first-order valence-electron chi connectivity index (χ1n) is 10.0. The number of anilines is 1. The SMILES string of the molecule is COc1c(OCC(C)CC(C)NC(=O)O)ccc2c1OCc1cnc(NC(C)=O)cc1-2. The van der Waals surface area contributed by atoms with E-state index in [9.17, 15) is 9.59 Å². The van der Waals surface area contributed by atoms with Gasteiger partial charge in [0.05, 0.1) is 13.7 Å². The molecule has 0 bridgehead atoms. The second kappa shape index (κ2) is 9.55. The van der Waals surface area contributed by atoms with Crippen molar-refractivity contribution < 1.29 is 28.9 Å². The third kappa shape index (κ3) is 5.36. The number of carboxylic acid groups (broad SMARTS) is 1. The summed E-state index contributed by atoms with van der Waals surface area (Å²) in [7, 11) is 1.55. The van der Waals surface area contributed by atoms with Crippen molar-refractivity contribution >= 4 is 17.8 Å². The highest BCUT2D eigenvalue weighted by Crippen LogP contribution is 2.48. The van der Waals surface area contributed by atoms with E-state index in [0.29, 0.717) is 42.7 Å². The van der Waals surface area contributed by atoms with Crippen LogP contribution in [0.5, 0.6) is 17.2 Å². The maximum atomic E-state index is 11.4. The van der Waals surface area contributed by atoms with E-state index in [4.69, 9.17) is 19.3 Å². The van der Waals surface area contributed by atoms with E-state index in [1.807, 2.05) is 32.0 Å². The van der Waals surface area contributed by atoms with Gasteiger partial charge in [-0.1, -0.05) is 6.92 Å². The fourth-order valence-electron chi connectivity index (χ4n) is 3.63. The minimum Gasteiger partial charge on any atom is -0.490 e. The van der Waals surface area contributed by atoms with E-state index in [1.165, 1.54) is 6.92 Å². The summed E-state index contributed by atoms with van der Waals surface area (Å²) < 4.78 is 17.5. The fourth-order valence-corrected chi connectivity index (χ4v) is 3.63. The zero-order valence-electron chi connectivity index (χ0n) is 18.0. The summed E-state index contributed by atoms with van der Waals surface area (Å²) in [5.74, 6) is 2.01. The Morgan fingerprint density at radius 2 is 2.06 bits per heavy atom. The summed E-state index contributed by atoms with van der Waals surface area (Å²) in [6.07, 6.45) is 1.29. The normalized spacial score (nSPS) is 13.7. The van der Waals surface area contributed by atoms with Crippen LogP contribution in [0.3, 0.4) is 0 Å². The van der Waals surface area contributed by atoms with Crippen LogP contribution in [0.25, 0.3) is 11.1 Å². The Kier molecular flexibility index (Phi) is 6.84.